The van der Waals surface area contributed by atoms with Crippen LogP contribution >= 0.6 is 12.4 Å². The molecule has 5 radical (unpaired) electrons. The van der Waals surface area contributed by atoms with E-state index >= 15 is 0 Å². The molecular formula is HCeClIrSn. The Morgan fingerprint density at radius 3 is 1.00 bits per heavy atom. The minimum atomic E-state index is 0. The van der Waals surface area contributed by atoms with Gasteiger partial charge in [-0.15, -0.1) is 12.4 Å². The van der Waals surface area contributed by atoms with Crippen molar-refractivity contribution in [3.8, 4) is 0 Å². The van der Waals surface area contributed by atoms with Gasteiger partial charge in [-0.3, -0.25) is 0 Å². The van der Waals surface area contributed by atoms with E-state index in [0.29, 0.717) is 0 Å². The first-order valence-corrected chi connectivity index (χ1v) is 0. The Hall–Kier alpha value is 3.11. The molecule has 0 nitrogen and oxygen atoms in total. The fraction of sp³-hybridized carbons (Fsp3) is 0. The minimum absolute atomic E-state index is 0. The largest absolute Gasteiger partial charge is 0.147 e. The zero-order valence-corrected chi connectivity index (χ0v) is 10.9. The molecule has 0 aliphatic carbocycles. The van der Waals surface area contributed by atoms with Crippen LogP contribution in [0.3, 0.4) is 0 Å². The SMILES string of the molecule is Cl.[Ce].[Ir].[Sn]. The van der Waals surface area contributed by atoms with Gasteiger partial charge in [0.1, 0.15) is 0 Å². The van der Waals surface area contributed by atoms with Crippen molar-refractivity contribution < 1.29 is 61.9 Å². The second-order valence-corrected chi connectivity index (χ2v) is 0. The zero-order chi connectivity index (χ0) is 0. The van der Waals surface area contributed by atoms with Crippen LogP contribution in [0.5, 0.6) is 0 Å². The second-order valence-electron chi connectivity index (χ2n) is 0. The monoisotopic (exact) mass is 489 g/mol. The molecule has 4 heteroatoms. The quantitative estimate of drug-likeness (QED) is 0.424. The van der Waals surface area contributed by atoms with Crippen molar-refractivity contribution in [2.75, 3.05) is 0 Å². The summed E-state index contributed by atoms with van der Waals surface area (Å²) in [5, 5.41) is 0. The first-order chi connectivity index (χ1) is 0. The van der Waals surface area contributed by atoms with E-state index in [1.54, 1.807) is 0 Å². The van der Waals surface area contributed by atoms with Crippen LogP contribution in [0.1, 0.15) is 0 Å². The molecule has 0 heterocycles. The summed E-state index contributed by atoms with van der Waals surface area (Å²) in [6.07, 6.45) is 0. The zero-order valence-electron chi connectivity index (χ0n) is 1.74. The standard InChI is InChI=1S/Ce.ClH.Ir.Sn/h;1H;;. The maximum absolute atomic E-state index is 0. The molecular weight excluding hydrogens is 486 g/mol. The molecule has 0 unspecified atom stereocenters. The van der Waals surface area contributed by atoms with Crippen LogP contribution in [0.15, 0.2) is 0 Å². The van der Waals surface area contributed by atoms with Crippen molar-refractivity contribution in [2.24, 2.45) is 0 Å². The number of hydrogen-bond donors (Lipinski definition) is 0. The molecule has 0 aromatic heterocycles. The predicted molar refractivity (Wildman–Crippen MR) is 13.0 cm³/mol. The van der Waals surface area contributed by atoms with E-state index in [1.807, 2.05) is 0 Å². The Kier molecular flexibility index (Phi) is 113. The first kappa shape index (κ1) is 27.4. The fourth-order valence-electron chi connectivity index (χ4n) is 0. The third-order valence-electron chi connectivity index (χ3n) is 0. The Morgan fingerprint density at radius 1 is 1.00 bits per heavy atom. The van der Waals surface area contributed by atoms with Gasteiger partial charge in [0.25, 0.3) is 0 Å². The van der Waals surface area contributed by atoms with Crippen molar-refractivity contribution >= 4 is 36.3 Å². The molecule has 0 aliphatic rings. The van der Waals surface area contributed by atoms with Crippen molar-refractivity contribution in [3.63, 3.8) is 0 Å². The molecule has 0 spiro atoms. The molecule has 25 valence electrons. The number of hydrogen-bond acceptors (Lipinski definition) is 0. The van der Waals surface area contributed by atoms with E-state index in [4.69, 9.17) is 0 Å². The summed E-state index contributed by atoms with van der Waals surface area (Å²) in [6.45, 7) is 0. The van der Waals surface area contributed by atoms with Gasteiger partial charge in [0.15, 0.2) is 0 Å². The van der Waals surface area contributed by atoms with Gasteiger partial charge in [-0.1, -0.05) is 0 Å². The van der Waals surface area contributed by atoms with E-state index in [0.717, 1.165) is 0 Å². The van der Waals surface area contributed by atoms with Crippen molar-refractivity contribution in [1.29, 1.82) is 0 Å². The second kappa shape index (κ2) is 16.5. The average molecular weight is 488 g/mol. The molecule has 0 rings (SSSR count). The van der Waals surface area contributed by atoms with Gasteiger partial charge < -0.3 is 0 Å². The maximum atomic E-state index is 0. The molecule has 0 aromatic rings. The third-order valence-corrected chi connectivity index (χ3v) is 0. The summed E-state index contributed by atoms with van der Waals surface area (Å²) in [6, 6.07) is 0. The van der Waals surface area contributed by atoms with Crippen LogP contribution in [0.4, 0.5) is 0 Å². The molecule has 0 saturated heterocycles. The van der Waals surface area contributed by atoms with Crippen LogP contribution < -0.4 is 0 Å². The molecule has 0 aliphatic heterocycles. The van der Waals surface area contributed by atoms with Crippen LogP contribution in [0.2, 0.25) is 0 Å². The molecule has 0 atom stereocenters. The molecule has 0 N–H and O–H groups in total. The van der Waals surface area contributed by atoms with Gasteiger partial charge in [0.2, 0.25) is 0 Å². The maximum Gasteiger partial charge on any atom is 0 e. The van der Waals surface area contributed by atoms with Crippen molar-refractivity contribution in [2.45, 2.75) is 0 Å². The van der Waals surface area contributed by atoms with Crippen LogP contribution in [-0.2, 0) is 20.1 Å². The van der Waals surface area contributed by atoms with Gasteiger partial charge in [-0.2, -0.15) is 0 Å². The smallest absolute Gasteiger partial charge is 0 e. The molecule has 0 saturated carbocycles. The summed E-state index contributed by atoms with van der Waals surface area (Å²) < 4.78 is 0. The average Bonchev–Trinajstić information content (AvgIpc) is 0. The third kappa shape index (κ3) is 8.93. The molecule has 0 aromatic carbocycles. The van der Waals surface area contributed by atoms with E-state index in [1.165, 1.54) is 0 Å². The van der Waals surface area contributed by atoms with E-state index in [9.17, 15) is 0 Å². The number of halogens is 1. The van der Waals surface area contributed by atoms with Crippen LogP contribution in [0.25, 0.3) is 0 Å². The predicted octanol–water partition coefficient (Wildman–Crippen LogP) is 0.0385. The summed E-state index contributed by atoms with van der Waals surface area (Å²) in [4.78, 5) is 0. The van der Waals surface area contributed by atoms with Gasteiger partial charge >= 0.3 is 0 Å². The Balaban J connectivity index is 0. The fourth-order valence-corrected chi connectivity index (χ4v) is 0. The summed E-state index contributed by atoms with van der Waals surface area (Å²) in [7, 11) is 0. The van der Waals surface area contributed by atoms with Gasteiger partial charge in [-0.05, 0) is 0 Å². The van der Waals surface area contributed by atoms with Crippen LogP contribution in [-0.4, -0.2) is 23.9 Å². The van der Waals surface area contributed by atoms with E-state index < -0.39 is 0 Å². The summed E-state index contributed by atoms with van der Waals surface area (Å²) in [5.41, 5.74) is 0. The first-order valence-electron chi connectivity index (χ1n) is 0. The molecule has 4 heavy (non-hydrogen) atoms. The summed E-state index contributed by atoms with van der Waals surface area (Å²) >= 11 is 0. The van der Waals surface area contributed by atoms with E-state index in [-0.39, 0.29) is 98.2 Å². The minimum Gasteiger partial charge on any atom is -0.147 e. The van der Waals surface area contributed by atoms with Gasteiger partial charge in [0.05, 0.1) is 0 Å². The molecule has 0 amide bonds. The topological polar surface area (TPSA) is 0 Å². The van der Waals surface area contributed by atoms with Crippen molar-refractivity contribution in [3.05, 3.63) is 0 Å². The van der Waals surface area contributed by atoms with Gasteiger partial charge in [0, 0.05) is 85.8 Å². The molecule has 0 fully saturated rings. The van der Waals surface area contributed by atoms with E-state index in [2.05, 4.69) is 0 Å². The number of rotatable bonds is 0. The Bertz CT molecular complexity index is 8.00. The normalized spacial score (nSPS) is 0. The van der Waals surface area contributed by atoms with Crippen LogP contribution in [0, 0.1) is 41.7 Å². The molecule has 0 bridgehead atoms. The summed E-state index contributed by atoms with van der Waals surface area (Å²) in [5.74, 6) is 0. The van der Waals surface area contributed by atoms with Crippen molar-refractivity contribution in [1.82, 2.24) is 0 Å². The van der Waals surface area contributed by atoms with Gasteiger partial charge in [-0.25, -0.2) is 0 Å². The Labute approximate surface area is 96.0 Å². The Morgan fingerprint density at radius 2 is 1.00 bits per heavy atom.